The molecule has 27 heavy (non-hydrogen) atoms. The van der Waals surface area contributed by atoms with Gasteiger partial charge in [0.15, 0.2) is 6.10 Å². The number of hydrogen-bond donors (Lipinski definition) is 1. The van der Waals surface area contributed by atoms with E-state index in [9.17, 15) is 4.79 Å². The van der Waals surface area contributed by atoms with Gasteiger partial charge in [0.2, 0.25) is 11.7 Å². The first-order chi connectivity index (χ1) is 12.9. The highest BCUT2D eigenvalue weighted by Crippen LogP contribution is 2.24. The first-order valence-electron chi connectivity index (χ1n) is 8.84. The van der Waals surface area contributed by atoms with Gasteiger partial charge in [-0.3, -0.25) is 4.79 Å². The standard InChI is InChI=1S/C21H23N3O3/c1-13-10-14(2)15(3)18(11-13)26-16(4)21(25)22-12-19-23-20(24-27-19)17-8-6-5-7-9-17/h5-11,16H,12H2,1-4H3,(H,22,25). The molecule has 0 saturated heterocycles. The second-order valence-corrected chi connectivity index (χ2v) is 6.56. The van der Waals surface area contributed by atoms with Gasteiger partial charge < -0.3 is 14.6 Å². The van der Waals surface area contributed by atoms with Gasteiger partial charge in [0.25, 0.3) is 5.91 Å². The van der Waals surface area contributed by atoms with E-state index in [2.05, 4.69) is 21.5 Å². The second kappa shape index (κ2) is 8.03. The van der Waals surface area contributed by atoms with Crippen molar-refractivity contribution in [3.05, 3.63) is 65.0 Å². The van der Waals surface area contributed by atoms with E-state index in [1.54, 1.807) is 6.92 Å². The molecule has 0 spiro atoms. The number of benzene rings is 2. The lowest BCUT2D eigenvalue weighted by Crippen LogP contribution is -2.36. The van der Waals surface area contributed by atoms with E-state index in [1.807, 2.05) is 57.2 Å². The molecule has 0 radical (unpaired) electrons. The van der Waals surface area contributed by atoms with E-state index < -0.39 is 6.10 Å². The van der Waals surface area contributed by atoms with Crippen LogP contribution < -0.4 is 10.1 Å². The van der Waals surface area contributed by atoms with Crippen LogP contribution in [0.15, 0.2) is 47.0 Å². The van der Waals surface area contributed by atoms with E-state index in [0.29, 0.717) is 11.7 Å². The molecule has 140 valence electrons. The molecule has 1 heterocycles. The maximum absolute atomic E-state index is 12.4. The zero-order chi connectivity index (χ0) is 19.4. The Labute approximate surface area is 158 Å². The molecular weight excluding hydrogens is 342 g/mol. The zero-order valence-corrected chi connectivity index (χ0v) is 15.9. The second-order valence-electron chi connectivity index (χ2n) is 6.56. The summed E-state index contributed by atoms with van der Waals surface area (Å²) in [4.78, 5) is 16.7. The van der Waals surface area contributed by atoms with E-state index in [0.717, 1.165) is 28.0 Å². The normalized spacial score (nSPS) is 11.9. The summed E-state index contributed by atoms with van der Waals surface area (Å²) in [5.74, 6) is 1.32. The van der Waals surface area contributed by atoms with Crippen LogP contribution in [0.25, 0.3) is 11.4 Å². The minimum atomic E-state index is -0.638. The maximum atomic E-state index is 12.4. The number of nitrogens with zero attached hydrogens (tertiary/aromatic N) is 2. The van der Waals surface area contributed by atoms with E-state index in [4.69, 9.17) is 9.26 Å². The van der Waals surface area contributed by atoms with E-state index in [-0.39, 0.29) is 12.5 Å². The fraction of sp³-hybridized carbons (Fsp3) is 0.286. The molecule has 1 N–H and O–H groups in total. The molecule has 6 nitrogen and oxygen atoms in total. The monoisotopic (exact) mass is 365 g/mol. The van der Waals surface area contributed by atoms with Crippen LogP contribution in [0.3, 0.4) is 0 Å². The molecule has 6 heteroatoms. The highest BCUT2D eigenvalue weighted by molar-refractivity contribution is 5.80. The molecule has 1 aromatic heterocycles. The Morgan fingerprint density at radius 1 is 1.19 bits per heavy atom. The van der Waals surface area contributed by atoms with Gasteiger partial charge in [0.1, 0.15) is 5.75 Å². The predicted molar refractivity (Wildman–Crippen MR) is 102 cm³/mol. The lowest BCUT2D eigenvalue weighted by atomic mass is 10.1. The van der Waals surface area contributed by atoms with Gasteiger partial charge in [-0.15, -0.1) is 0 Å². The van der Waals surface area contributed by atoms with Crippen LogP contribution in [-0.4, -0.2) is 22.2 Å². The van der Waals surface area contributed by atoms with Gasteiger partial charge in [-0.05, 0) is 50.5 Å². The molecule has 1 amide bonds. The maximum Gasteiger partial charge on any atom is 0.261 e. The number of carbonyl (C=O) groups excluding carboxylic acids is 1. The zero-order valence-electron chi connectivity index (χ0n) is 15.9. The lowest BCUT2D eigenvalue weighted by Gasteiger charge is -2.17. The van der Waals surface area contributed by atoms with Crippen LogP contribution in [0.2, 0.25) is 0 Å². The van der Waals surface area contributed by atoms with Crippen molar-refractivity contribution >= 4 is 5.91 Å². The van der Waals surface area contributed by atoms with Gasteiger partial charge in [-0.1, -0.05) is 41.6 Å². The number of hydrogen-bond acceptors (Lipinski definition) is 5. The quantitative estimate of drug-likeness (QED) is 0.720. The highest BCUT2D eigenvalue weighted by atomic mass is 16.5. The molecule has 3 rings (SSSR count). The molecule has 0 fully saturated rings. The Hall–Kier alpha value is -3.15. The Bertz CT molecular complexity index is 935. The highest BCUT2D eigenvalue weighted by Gasteiger charge is 2.17. The molecule has 1 atom stereocenters. The Morgan fingerprint density at radius 2 is 1.93 bits per heavy atom. The molecule has 1 unspecified atom stereocenters. The average molecular weight is 365 g/mol. The average Bonchev–Trinajstić information content (AvgIpc) is 3.13. The van der Waals surface area contributed by atoms with Crippen LogP contribution in [0.1, 0.15) is 29.5 Å². The molecule has 0 aliphatic carbocycles. The third-order valence-corrected chi connectivity index (χ3v) is 4.35. The molecule has 0 aliphatic rings. The van der Waals surface area contributed by atoms with Crippen molar-refractivity contribution < 1.29 is 14.1 Å². The summed E-state index contributed by atoms with van der Waals surface area (Å²) in [7, 11) is 0. The predicted octanol–water partition coefficient (Wildman–Crippen LogP) is 3.75. The van der Waals surface area contributed by atoms with Crippen LogP contribution in [0, 0.1) is 20.8 Å². The van der Waals surface area contributed by atoms with Crippen molar-refractivity contribution in [2.45, 2.75) is 40.3 Å². The number of amides is 1. The van der Waals surface area contributed by atoms with Crippen molar-refractivity contribution in [1.29, 1.82) is 0 Å². The van der Waals surface area contributed by atoms with Crippen LogP contribution in [0.4, 0.5) is 0 Å². The summed E-state index contributed by atoms with van der Waals surface area (Å²) in [6.07, 6.45) is -0.638. The van der Waals surface area contributed by atoms with Gasteiger partial charge in [0, 0.05) is 5.56 Å². The molecular formula is C21H23N3O3. The lowest BCUT2D eigenvalue weighted by molar-refractivity contribution is -0.127. The minimum Gasteiger partial charge on any atom is -0.481 e. The van der Waals surface area contributed by atoms with Crippen molar-refractivity contribution in [2.75, 3.05) is 0 Å². The number of aromatic nitrogens is 2. The Morgan fingerprint density at radius 3 is 2.67 bits per heavy atom. The third kappa shape index (κ3) is 4.53. The van der Waals surface area contributed by atoms with Crippen molar-refractivity contribution in [3.63, 3.8) is 0 Å². The first kappa shape index (κ1) is 18.6. The molecule has 3 aromatic rings. The van der Waals surface area contributed by atoms with Crippen LogP contribution in [0.5, 0.6) is 5.75 Å². The van der Waals surface area contributed by atoms with Crippen molar-refractivity contribution in [2.24, 2.45) is 0 Å². The molecule has 0 saturated carbocycles. The summed E-state index contributed by atoms with van der Waals surface area (Å²) < 4.78 is 11.1. The molecule has 0 bridgehead atoms. The third-order valence-electron chi connectivity index (χ3n) is 4.35. The Kier molecular flexibility index (Phi) is 5.54. The smallest absolute Gasteiger partial charge is 0.261 e. The SMILES string of the molecule is Cc1cc(C)c(C)c(OC(C)C(=O)NCc2nc(-c3ccccc3)no2)c1. The number of aryl methyl sites for hydroxylation is 2. The van der Waals surface area contributed by atoms with E-state index >= 15 is 0 Å². The molecule has 2 aromatic carbocycles. The number of rotatable bonds is 6. The van der Waals surface area contributed by atoms with Crippen molar-refractivity contribution in [1.82, 2.24) is 15.5 Å². The topological polar surface area (TPSA) is 77.2 Å². The summed E-state index contributed by atoms with van der Waals surface area (Å²) in [5.41, 5.74) is 4.13. The number of nitrogens with one attached hydrogen (secondary N) is 1. The van der Waals surface area contributed by atoms with Gasteiger partial charge >= 0.3 is 0 Å². The Balaban J connectivity index is 1.59. The van der Waals surface area contributed by atoms with Crippen LogP contribution in [-0.2, 0) is 11.3 Å². The minimum absolute atomic E-state index is 0.151. The summed E-state index contributed by atoms with van der Waals surface area (Å²) >= 11 is 0. The van der Waals surface area contributed by atoms with Gasteiger partial charge in [0.05, 0.1) is 6.54 Å². The number of carbonyl (C=O) groups is 1. The fourth-order valence-electron chi connectivity index (χ4n) is 2.70. The van der Waals surface area contributed by atoms with Gasteiger partial charge in [-0.2, -0.15) is 4.98 Å². The fourth-order valence-corrected chi connectivity index (χ4v) is 2.70. The van der Waals surface area contributed by atoms with Crippen LogP contribution >= 0.6 is 0 Å². The molecule has 0 aliphatic heterocycles. The summed E-state index contributed by atoms with van der Waals surface area (Å²) in [6.45, 7) is 7.88. The van der Waals surface area contributed by atoms with Gasteiger partial charge in [-0.25, -0.2) is 0 Å². The summed E-state index contributed by atoms with van der Waals surface area (Å²) in [5, 5.41) is 6.71. The first-order valence-corrected chi connectivity index (χ1v) is 8.84. The van der Waals surface area contributed by atoms with E-state index in [1.165, 1.54) is 0 Å². The van der Waals surface area contributed by atoms with Crippen molar-refractivity contribution in [3.8, 4) is 17.1 Å². The summed E-state index contributed by atoms with van der Waals surface area (Å²) in [6, 6.07) is 13.6. The largest absolute Gasteiger partial charge is 0.481 e. The number of ether oxygens (including phenoxy) is 1.